The van der Waals surface area contributed by atoms with Crippen molar-refractivity contribution in [2.75, 3.05) is 20.3 Å². The van der Waals surface area contributed by atoms with Crippen molar-refractivity contribution >= 4 is 0 Å². The van der Waals surface area contributed by atoms with Gasteiger partial charge in [-0.3, -0.25) is 0 Å². The molecule has 0 bridgehead atoms. The fourth-order valence-electron chi connectivity index (χ4n) is 2.45. The molecule has 3 heteroatoms. The van der Waals surface area contributed by atoms with Gasteiger partial charge >= 0.3 is 0 Å². The van der Waals surface area contributed by atoms with Crippen LogP contribution in [0.3, 0.4) is 0 Å². The van der Waals surface area contributed by atoms with Crippen molar-refractivity contribution in [3.8, 4) is 5.75 Å². The molecule has 0 saturated heterocycles. The van der Waals surface area contributed by atoms with Crippen LogP contribution < -0.4 is 4.74 Å². The second-order valence-electron chi connectivity index (χ2n) is 5.31. The number of hydrogen-bond acceptors (Lipinski definition) is 3. The molecule has 0 N–H and O–H groups in total. The van der Waals surface area contributed by atoms with Crippen molar-refractivity contribution < 1.29 is 14.2 Å². The van der Waals surface area contributed by atoms with E-state index >= 15 is 0 Å². The van der Waals surface area contributed by atoms with Crippen LogP contribution in [0.1, 0.15) is 17.2 Å². The Hall–Kier alpha value is -2.10. The third-order valence-corrected chi connectivity index (χ3v) is 3.68. The quantitative estimate of drug-likeness (QED) is 0.756. The molecule has 114 valence electrons. The highest BCUT2D eigenvalue weighted by Gasteiger charge is 2.17. The van der Waals surface area contributed by atoms with Gasteiger partial charge in [-0.25, -0.2) is 0 Å². The number of methoxy groups -OCH3 is 1. The van der Waals surface area contributed by atoms with Gasteiger partial charge < -0.3 is 14.2 Å². The summed E-state index contributed by atoms with van der Waals surface area (Å²) in [6, 6.07) is 18.2. The molecule has 1 unspecified atom stereocenters. The lowest BCUT2D eigenvalue weighted by atomic mass is 10.1. The van der Waals surface area contributed by atoms with Gasteiger partial charge in [0.05, 0.1) is 26.9 Å². The van der Waals surface area contributed by atoms with Crippen LogP contribution in [-0.2, 0) is 16.1 Å². The van der Waals surface area contributed by atoms with Crippen LogP contribution in [0.15, 0.2) is 66.2 Å². The first-order valence-electron chi connectivity index (χ1n) is 7.42. The Labute approximate surface area is 131 Å². The summed E-state index contributed by atoms with van der Waals surface area (Å²) in [7, 11) is 1.67. The maximum absolute atomic E-state index is 5.80. The first kappa shape index (κ1) is 14.8. The third-order valence-electron chi connectivity index (χ3n) is 3.68. The summed E-state index contributed by atoms with van der Waals surface area (Å²) in [5.41, 5.74) is 3.52. The zero-order valence-electron chi connectivity index (χ0n) is 12.7. The van der Waals surface area contributed by atoms with Gasteiger partial charge in [-0.05, 0) is 34.9 Å². The zero-order valence-corrected chi connectivity index (χ0v) is 12.7. The molecular weight excluding hydrogens is 276 g/mol. The van der Waals surface area contributed by atoms with E-state index in [4.69, 9.17) is 14.2 Å². The largest absolute Gasteiger partial charge is 0.497 e. The second kappa shape index (κ2) is 7.25. The van der Waals surface area contributed by atoms with Gasteiger partial charge in [0.15, 0.2) is 0 Å². The van der Waals surface area contributed by atoms with E-state index in [9.17, 15) is 0 Å². The molecular formula is C19H20O3. The summed E-state index contributed by atoms with van der Waals surface area (Å²) in [4.78, 5) is 0. The third kappa shape index (κ3) is 3.75. The van der Waals surface area contributed by atoms with Crippen molar-refractivity contribution in [3.63, 3.8) is 0 Å². The van der Waals surface area contributed by atoms with Crippen molar-refractivity contribution in [3.05, 3.63) is 77.4 Å². The molecule has 2 aromatic carbocycles. The molecule has 1 heterocycles. The lowest BCUT2D eigenvalue weighted by molar-refractivity contribution is 0.107. The van der Waals surface area contributed by atoms with Gasteiger partial charge in [0.1, 0.15) is 11.9 Å². The Morgan fingerprint density at radius 3 is 2.50 bits per heavy atom. The molecule has 1 aliphatic heterocycles. The lowest BCUT2D eigenvalue weighted by Gasteiger charge is -2.07. The predicted molar refractivity (Wildman–Crippen MR) is 85.9 cm³/mol. The fraction of sp³-hybridized carbons (Fsp3) is 0.263. The Kier molecular flexibility index (Phi) is 4.88. The highest BCUT2D eigenvalue weighted by molar-refractivity contribution is 5.27. The highest BCUT2D eigenvalue weighted by Crippen LogP contribution is 2.26. The molecule has 0 aliphatic carbocycles. The van der Waals surface area contributed by atoms with Gasteiger partial charge in [0, 0.05) is 0 Å². The van der Waals surface area contributed by atoms with Crippen LogP contribution in [0.2, 0.25) is 0 Å². The van der Waals surface area contributed by atoms with Crippen molar-refractivity contribution in [2.24, 2.45) is 0 Å². The fourth-order valence-corrected chi connectivity index (χ4v) is 2.45. The molecule has 22 heavy (non-hydrogen) atoms. The highest BCUT2D eigenvalue weighted by atomic mass is 16.5. The zero-order chi connectivity index (χ0) is 15.2. The maximum atomic E-state index is 5.80. The van der Waals surface area contributed by atoms with E-state index in [1.54, 1.807) is 7.11 Å². The topological polar surface area (TPSA) is 27.7 Å². The molecule has 0 aromatic heterocycles. The van der Waals surface area contributed by atoms with E-state index in [0.717, 1.165) is 11.3 Å². The molecule has 3 rings (SSSR count). The predicted octanol–water partition coefficient (Wildman–Crippen LogP) is 3.91. The lowest BCUT2D eigenvalue weighted by Crippen LogP contribution is -2.00. The maximum Gasteiger partial charge on any atom is 0.118 e. The van der Waals surface area contributed by atoms with Gasteiger partial charge in [-0.15, -0.1) is 0 Å². The Morgan fingerprint density at radius 2 is 1.77 bits per heavy atom. The second-order valence-corrected chi connectivity index (χ2v) is 5.31. The van der Waals surface area contributed by atoms with Crippen LogP contribution in [0.5, 0.6) is 5.75 Å². The molecule has 0 saturated carbocycles. The Morgan fingerprint density at radius 1 is 1.00 bits per heavy atom. The summed E-state index contributed by atoms with van der Waals surface area (Å²) in [6.45, 7) is 1.84. The molecule has 1 aliphatic rings. The summed E-state index contributed by atoms with van der Waals surface area (Å²) in [5, 5.41) is 0. The van der Waals surface area contributed by atoms with Gasteiger partial charge in [-0.1, -0.05) is 42.5 Å². The van der Waals surface area contributed by atoms with E-state index in [-0.39, 0.29) is 6.10 Å². The molecule has 2 aromatic rings. The molecule has 3 nitrogen and oxygen atoms in total. The standard InChI is InChI=1S/C19H20O3/c1-20-18-9-7-15(8-10-18)12-21-13-16-11-19(22-14-16)17-5-3-2-4-6-17/h2-11,19H,12-14H2,1H3. The SMILES string of the molecule is COc1ccc(COCC2=CC(c3ccccc3)OC2)cc1. The Balaban J connectivity index is 1.49. The average molecular weight is 296 g/mol. The minimum Gasteiger partial charge on any atom is -0.497 e. The molecule has 0 fully saturated rings. The molecule has 0 spiro atoms. The summed E-state index contributed by atoms with van der Waals surface area (Å²) in [6.07, 6.45) is 2.21. The van der Waals surface area contributed by atoms with E-state index in [1.807, 2.05) is 42.5 Å². The van der Waals surface area contributed by atoms with E-state index in [0.29, 0.717) is 19.8 Å². The first-order valence-corrected chi connectivity index (χ1v) is 7.42. The Bertz CT molecular complexity index is 617. The van der Waals surface area contributed by atoms with Crippen LogP contribution >= 0.6 is 0 Å². The first-order chi connectivity index (χ1) is 10.8. The minimum absolute atomic E-state index is 0.0563. The van der Waals surface area contributed by atoms with Crippen molar-refractivity contribution in [1.82, 2.24) is 0 Å². The van der Waals surface area contributed by atoms with Crippen molar-refractivity contribution in [1.29, 1.82) is 0 Å². The minimum atomic E-state index is 0.0563. The molecule has 0 amide bonds. The van der Waals surface area contributed by atoms with Crippen LogP contribution in [0.25, 0.3) is 0 Å². The van der Waals surface area contributed by atoms with Crippen LogP contribution in [0, 0.1) is 0 Å². The normalized spacial score (nSPS) is 17.3. The number of benzene rings is 2. The monoisotopic (exact) mass is 296 g/mol. The van der Waals surface area contributed by atoms with E-state index in [2.05, 4.69) is 18.2 Å². The summed E-state index contributed by atoms with van der Waals surface area (Å²) >= 11 is 0. The molecule has 1 atom stereocenters. The van der Waals surface area contributed by atoms with Crippen LogP contribution in [0.4, 0.5) is 0 Å². The number of hydrogen-bond donors (Lipinski definition) is 0. The van der Waals surface area contributed by atoms with Crippen molar-refractivity contribution in [2.45, 2.75) is 12.7 Å². The van der Waals surface area contributed by atoms with Crippen LogP contribution in [-0.4, -0.2) is 20.3 Å². The summed E-state index contributed by atoms with van der Waals surface area (Å²) in [5.74, 6) is 0.862. The smallest absolute Gasteiger partial charge is 0.118 e. The van der Waals surface area contributed by atoms with E-state index in [1.165, 1.54) is 11.1 Å². The number of ether oxygens (including phenoxy) is 3. The van der Waals surface area contributed by atoms with Gasteiger partial charge in [0.25, 0.3) is 0 Å². The van der Waals surface area contributed by atoms with E-state index < -0.39 is 0 Å². The molecule has 0 radical (unpaired) electrons. The average Bonchev–Trinajstić information content (AvgIpc) is 3.05. The summed E-state index contributed by atoms with van der Waals surface area (Å²) < 4.78 is 16.7. The van der Waals surface area contributed by atoms with Gasteiger partial charge in [0.2, 0.25) is 0 Å². The number of rotatable bonds is 6. The van der Waals surface area contributed by atoms with Gasteiger partial charge in [-0.2, -0.15) is 0 Å².